The van der Waals surface area contributed by atoms with E-state index in [0.717, 1.165) is 21.1 Å². The van der Waals surface area contributed by atoms with Crippen molar-refractivity contribution in [2.75, 3.05) is 0 Å². The average molecular weight is 241 g/mol. The van der Waals surface area contributed by atoms with Gasteiger partial charge in [-0.15, -0.1) is 0 Å². The molecule has 2 aromatic rings. The normalized spacial score (nSPS) is 13.5. The molecular formula is C9H9BrN2O. The van der Waals surface area contributed by atoms with E-state index in [4.69, 9.17) is 10.3 Å². The standard InChI is InChI=1S/C9H9BrN2O/c1-5(11)9-6-3-2-4-7(10)8(6)12-13-9/h2-5H,11H2,1H3. The number of nitrogens with two attached hydrogens (primary N) is 1. The summed E-state index contributed by atoms with van der Waals surface area (Å²) in [7, 11) is 0. The zero-order valence-corrected chi connectivity index (χ0v) is 8.71. The zero-order valence-electron chi connectivity index (χ0n) is 7.12. The highest BCUT2D eigenvalue weighted by Gasteiger charge is 2.12. The molecular weight excluding hydrogens is 232 g/mol. The van der Waals surface area contributed by atoms with Gasteiger partial charge in [0.2, 0.25) is 0 Å². The molecule has 0 fully saturated rings. The predicted molar refractivity (Wildman–Crippen MR) is 54.3 cm³/mol. The van der Waals surface area contributed by atoms with Gasteiger partial charge in [-0.25, -0.2) is 0 Å². The van der Waals surface area contributed by atoms with Crippen LogP contribution in [0.1, 0.15) is 18.7 Å². The van der Waals surface area contributed by atoms with Gasteiger partial charge in [-0.1, -0.05) is 11.2 Å². The third-order valence-corrected chi connectivity index (χ3v) is 2.54. The molecule has 0 aliphatic carbocycles. The molecule has 4 heteroatoms. The summed E-state index contributed by atoms with van der Waals surface area (Å²) in [6.07, 6.45) is 0. The summed E-state index contributed by atoms with van der Waals surface area (Å²) in [5, 5.41) is 4.91. The first-order valence-corrected chi connectivity index (χ1v) is 4.79. The van der Waals surface area contributed by atoms with Crippen molar-refractivity contribution in [3.8, 4) is 0 Å². The van der Waals surface area contributed by atoms with Crippen LogP contribution < -0.4 is 5.73 Å². The zero-order chi connectivity index (χ0) is 9.42. The van der Waals surface area contributed by atoms with Gasteiger partial charge in [-0.2, -0.15) is 0 Å². The van der Waals surface area contributed by atoms with Gasteiger partial charge in [0.15, 0.2) is 5.76 Å². The average Bonchev–Trinajstić information content (AvgIpc) is 2.48. The van der Waals surface area contributed by atoms with Crippen molar-refractivity contribution in [3.05, 3.63) is 28.4 Å². The summed E-state index contributed by atoms with van der Waals surface area (Å²) in [4.78, 5) is 0. The van der Waals surface area contributed by atoms with Gasteiger partial charge in [0, 0.05) is 9.86 Å². The summed E-state index contributed by atoms with van der Waals surface area (Å²) in [5.41, 5.74) is 6.55. The molecule has 0 saturated heterocycles. The second kappa shape index (κ2) is 3.12. The second-order valence-corrected chi connectivity index (χ2v) is 3.83. The van der Waals surface area contributed by atoms with Gasteiger partial charge in [-0.05, 0) is 35.0 Å². The first kappa shape index (κ1) is 8.72. The van der Waals surface area contributed by atoms with E-state index in [2.05, 4.69) is 21.1 Å². The van der Waals surface area contributed by atoms with E-state index < -0.39 is 0 Å². The third kappa shape index (κ3) is 1.36. The van der Waals surface area contributed by atoms with E-state index in [-0.39, 0.29) is 6.04 Å². The van der Waals surface area contributed by atoms with Gasteiger partial charge < -0.3 is 10.3 Å². The van der Waals surface area contributed by atoms with Gasteiger partial charge in [0.05, 0.1) is 6.04 Å². The number of fused-ring (bicyclic) bond motifs is 1. The fraction of sp³-hybridized carbons (Fsp3) is 0.222. The molecule has 13 heavy (non-hydrogen) atoms. The Labute approximate surface area is 84.0 Å². The largest absolute Gasteiger partial charge is 0.358 e. The predicted octanol–water partition coefficient (Wildman–Crippen LogP) is 2.61. The van der Waals surface area contributed by atoms with E-state index >= 15 is 0 Å². The van der Waals surface area contributed by atoms with Gasteiger partial charge in [0.1, 0.15) is 5.52 Å². The Balaban J connectivity index is 2.75. The van der Waals surface area contributed by atoms with Crippen LogP contribution in [0, 0.1) is 0 Å². The Bertz CT molecular complexity index is 436. The molecule has 1 unspecified atom stereocenters. The SMILES string of the molecule is CC(N)c1onc2c(Br)cccc12. The van der Waals surface area contributed by atoms with Crippen molar-refractivity contribution in [1.82, 2.24) is 5.16 Å². The molecule has 0 saturated carbocycles. The first-order chi connectivity index (χ1) is 6.20. The van der Waals surface area contributed by atoms with Crippen LogP contribution in [0.4, 0.5) is 0 Å². The highest BCUT2D eigenvalue weighted by molar-refractivity contribution is 9.10. The van der Waals surface area contributed by atoms with E-state index in [0.29, 0.717) is 0 Å². The molecule has 0 radical (unpaired) electrons. The van der Waals surface area contributed by atoms with Crippen LogP contribution >= 0.6 is 15.9 Å². The summed E-state index contributed by atoms with van der Waals surface area (Å²) >= 11 is 3.40. The molecule has 2 N–H and O–H groups in total. The lowest BCUT2D eigenvalue weighted by Gasteiger charge is -1.98. The monoisotopic (exact) mass is 240 g/mol. The van der Waals surface area contributed by atoms with Crippen molar-refractivity contribution in [2.45, 2.75) is 13.0 Å². The van der Waals surface area contributed by atoms with Gasteiger partial charge >= 0.3 is 0 Å². The van der Waals surface area contributed by atoms with Crippen molar-refractivity contribution >= 4 is 26.8 Å². The summed E-state index contributed by atoms with van der Waals surface area (Å²) in [6.45, 7) is 1.88. The highest BCUT2D eigenvalue weighted by atomic mass is 79.9. The number of halogens is 1. The second-order valence-electron chi connectivity index (χ2n) is 2.97. The van der Waals surface area contributed by atoms with E-state index in [1.807, 2.05) is 25.1 Å². The number of rotatable bonds is 1. The van der Waals surface area contributed by atoms with Crippen LogP contribution in [0.2, 0.25) is 0 Å². The van der Waals surface area contributed by atoms with Crippen LogP contribution in [0.3, 0.4) is 0 Å². The third-order valence-electron chi connectivity index (χ3n) is 1.90. The lowest BCUT2D eigenvalue weighted by atomic mass is 10.1. The number of aromatic nitrogens is 1. The fourth-order valence-electron chi connectivity index (χ4n) is 1.28. The van der Waals surface area contributed by atoms with Gasteiger partial charge in [-0.3, -0.25) is 0 Å². The van der Waals surface area contributed by atoms with Crippen LogP contribution in [0.25, 0.3) is 10.9 Å². The maximum atomic E-state index is 5.73. The van der Waals surface area contributed by atoms with Crippen LogP contribution in [0.15, 0.2) is 27.2 Å². The quantitative estimate of drug-likeness (QED) is 0.834. The van der Waals surface area contributed by atoms with Crippen molar-refractivity contribution in [1.29, 1.82) is 0 Å². The van der Waals surface area contributed by atoms with E-state index in [1.165, 1.54) is 0 Å². The molecule has 68 valence electrons. The molecule has 0 spiro atoms. The summed E-state index contributed by atoms with van der Waals surface area (Å²) < 4.78 is 6.08. The lowest BCUT2D eigenvalue weighted by molar-refractivity contribution is 0.375. The number of hydrogen-bond donors (Lipinski definition) is 1. The molecule has 0 aliphatic heterocycles. The molecule has 1 heterocycles. The Morgan fingerprint density at radius 1 is 1.54 bits per heavy atom. The maximum Gasteiger partial charge on any atom is 0.160 e. The van der Waals surface area contributed by atoms with E-state index in [1.54, 1.807) is 0 Å². The lowest BCUT2D eigenvalue weighted by Crippen LogP contribution is -2.03. The molecule has 1 atom stereocenters. The minimum absolute atomic E-state index is 0.126. The number of hydrogen-bond acceptors (Lipinski definition) is 3. The van der Waals surface area contributed by atoms with Crippen molar-refractivity contribution < 1.29 is 4.52 Å². The molecule has 2 rings (SSSR count). The minimum Gasteiger partial charge on any atom is -0.358 e. The molecule has 3 nitrogen and oxygen atoms in total. The Morgan fingerprint density at radius 3 is 3.00 bits per heavy atom. The molecule has 0 bridgehead atoms. The van der Waals surface area contributed by atoms with E-state index in [9.17, 15) is 0 Å². The molecule has 1 aromatic heterocycles. The summed E-state index contributed by atoms with van der Waals surface area (Å²) in [5.74, 6) is 0.733. The van der Waals surface area contributed by atoms with Crippen molar-refractivity contribution in [2.24, 2.45) is 5.73 Å². The number of nitrogens with zero attached hydrogens (tertiary/aromatic N) is 1. The summed E-state index contributed by atoms with van der Waals surface area (Å²) in [6, 6.07) is 5.69. The molecule has 0 amide bonds. The first-order valence-electron chi connectivity index (χ1n) is 3.99. The topological polar surface area (TPSA) is 52.0 Å². The highest BCUT2D eigenvalue weighted by Crippen LogP contribution is 2.27. The Hall–Kier alpha value is -0.870. The fourth-order valence-corrected chi connectivity index (χ4v) is 1.72. The number of benzene rings is 1. The van der Waals surface area contributed by atoms with Crippen LogP contribution in [-0.2, 0) is 0 Å². The molecule has 0 aliphatic rings. The van der Waals surface area contributed by atoms with Crippen molar-refractivity contribution in [3.63, 3.8) is 0 Å². The van der Waals surface area contributed by atoms with Crippen LogP contribution in [-0.4, -0.2) is 5.16 Å². The Morgan fingerprint density at radius 2 is 2.31 bits per heavy atom. The molecule has 1 aromatic carbocycles. The van der Waals surface area contributed by atoms with Crippen LogP contribution in [0.5, 0.6) is 0 Å². The maximum absolute atomic E-state index is 5.73. The Kier molecular flexibility index (Phi) is 2.09. The van der Waals surface area contributed by atoms with Gasteiger partial charge in [0.25, 0.3) is 0 Å². The minimum atomic E-state index is -0.126. The smallest absolute Gasteiger partial charge is 0.160 e.